The zero-order chi connectivity index (χ0) is 16.0. The van der Waals surface area contributed by atoms with Gasteiger partial charge in [0.2, 0.25) is 0 Å². The van der Waals surface area contributed by atoms with E-state index in [9.17, 15) is 0 Å². The predicted molar refractivity (Wildman–Crippen MR) is 90.8 cm³/mol. The van der Waals surface area contributed by atoms with E-state index in [1.54, 1.807) is 7.11 Å². The van der Waals surface area contributed by atoms with Crippen LogP contribution in [0.5, 0.6) is 5.75 Å². The van der Waals surface area contributed by atoms with Crippen molar-refractivity contribution in [3.63, 3.8) is 0 Å². The van der Waals surface area contributed by atoms with Crippen molar-refractivity contribution in [2.45, 2.75) is 52.6 Å². The van der Waals surface area contributed by atoms with E-state index in [1.165, 1.54) is 5.56 Å². The van der Waals surface area contributed by atoms with Crippen LogP contribution >= 0.6 is 0 Å². The summed E-state index contributed by atoms with van der Waals surface area (Å²) in [5, 5.41) is 0. The Hall–Kier alpha value is -1.06. The topological polar surface area (TPSA) is 38.5 Å². The minimum absolute atomic E-state index is 0.173. The van der Waals surface area contributed by atoms with Crippen LogP contribution in [0, 0.1) is 5.41 Å². The standard InChI is InChI=1S/C18H32N2O/c1-14(13-15-9-7-8-10-16(15)21-6)20(5)12-11-17(19)18(2,3)4/h7-10,14,17H,11-13,19H2,1-6H3. The first kappa shape index (κ1) is 18.0. The van der Waals surface area contributed by atoms with E-state index in [4.69, 9.17) is 10.5 Å². The van der Waals surface area contributed by atoms with Gasteiger partial charge in [-0.3, -0.25) is 0 Å². The van der Waals surface area contributed by atoms with Gasteiger partial charge in [0.15, 0.2) is 0 Å². The summed E-state index contributed by atoms with van der Waals surface area (Å²) in [6.45, 7) is 9.89. The Labute approximate surface area is 130 Å². The molecule has 3 heteroatoms. The summed E-state index contributed by atoms with van der Waals surface area (Å²) >= 11 is 0. The number of nitrogens with zero attached hydrogens (tertiary/aromatic N) is 1. The summed E-state index contributed by atoms with van der Waals surface area (Å²) in [6.07, 6.45) is 2.02. The Balaban J connectivity index is 2.53. The molecule has 0 saturated heterocycles. The molecule has 1 aromatic carbocycles. The fourth-order valence-electron chi connectivity index (χ4n) is 2.34. The first-order valence-corrected chi connectivity index (χ1v) is 7.83. The molecule has 0 amide bonds. The largest absolute Gasteiger partial charge is 0.496 e. The Kier molecular flexibility index (Phi) is 6.69. The zero-order valence-electron chi connectivity index (χ0n) is 14.5. The van der Waals surface area contributed by atoms with Crippen molar-refractivity contribution in [1.29, 1.82) is 0 Å². The van der Waals surface area contributed by atoms with Gasteiger partial charge in [-0.25, -0.2) is 0 Å². The highest BCUT2D eigenvalue weighted by Crippen LogP contribution is 2.22. The van der Waals surface area contributed by atoms with Crippen molar-refractivity contribution in [1.82, 2.24) is 4.90 Å². The van der Waals surface area contributed by atoms with Gasteiger partial charge in [-0.1, -0.05) is 39.0 Å². The maximum Gasteiger partial charge on any atom is 0.122 e. The van der Waals surface area contributed by atoms with Crippen molar-refractivity contribution in [3.05, 3.63) is 29.8 Å². The van der Waals surface area contributed by atoms with Crippen LogP contribution in [0.3, 0.4) is 0 Å². The molecule has 0 heterocycles. The van der Waals surface area contributed by atoms with Crippen molar-refractivity contribution in [2.24, 2.45) is 11.1 Å². The lowest BCUT2D eigenvalue weighted by molar-refractivity contribution is 0.216. The van der Waals surface area contributed by atoms with Crippen LogP contribution in [-0.2, 0) is 6.42 Å². The summed E-state index contributed by atoms with van der Waals surface area (Å²) in [6, 6.07) is 8.95. The minimum atomic E-state index is 0.173. The van der Waals surface area contributed by atoms with E-state index in [1.807, 2.05) is 12.1 Å². The third-order valence-electron chi connectivity index (χ3n) is 4.37. The second-order valence-electron chi connectivity index (χ2n) is 7.11. The fraction of sp³-hybridized carbons (Fsp3) is 0.667. The molecule has 0 spiro atoms. The Morgan fingerprint density at radius 2 is 1.86 bits per heavy atom. The lowest BCUT2D eigenvalue weighted by atomic mass is 9.85. The molecule has 21 heavy (non-hydrogen) atoms. The van der Waals surface area contributed by atoms with E-state index in [0.29, 0.717) is 6.04 Å². The lowest BCUT2D eigenvalue weighted by Crippen LogP contribution is -2.40. The highest BCUT2D eigenvalue weighted by atomic mass is 16.5. The average Bonchev–Trinajstić information content (AvgIpc) is 2.43. The average molecular weight is 292 g/mol. The van der Waals surface area contributed by atoms with Gasteiger partial charge in [0, 0.05) is 12.1 Å². The second-order valence-corrected chi connectivity index (χ2v) is 7.11. The molecule has 1 rings (SSSR count). The summed E-state index contributed by atoms with van der Waals surface area (Å²) < 4.78 is 5.43. The highest BCUT2D eigenvalue weighted by molar-refractivity contribution is 5.33. The smallest absolute Gasteiger partial charge is 0.122 e. The van der Waals surface area contributed by atoms with Crippen LogP contribution in [0.15, 0.2) is 24.3 Å². The molecule has 0 aliphatic rings. The number of nitrogens with two attached hydrogens (primary N) is 1. The number of ether oxygens (including phenoxy) is 1. The van der Waals surface area contributed by atoms with Gasteiger partial charge < -0.3 is 15.4 Å². The molecule has 0 aromatic heterocycles. The molecule has 2 unspecified atom stereocenters. The zero-order valence-corrected chi connectivity index (χ0v) is 14.5. The SMILES string of the molecule is COc1ccccc1CC(C)N(C)CCC(N)C(C)(C)C. The van der Waals surface area contributed by atoms with Crippen LogP contribution in [0.25, 0.3) is 0 Å². The molecule has 1 aromatic rings. The van der Waals surface area contributed by atoms with Crippen molar-refractivity contribution in [2.75, 3.05) is 20.7 Å². The van der Waals surface area contributed by atoms with Gasteiger partial charge in [0.1, 0.15) is 5.75 Å². The quantitative estimate of drug-likeness (QED) is 0.838. The fourth-order valence-corrected chi connectivity index (χ4v) is 2.34. The summed E-state index contributed by atoms with van der Waals surface area (Å²) in [7, 11) is 3.91. The van der Waals surface area contributed by atoms with Gasteiger partial charge >= 0.3 is 0 Å². The molecular weight excluding hydrogens is 260 g/mol. The molecule has 2 N–H and O–H groups in total. The second kappa shape index (κ2) is 7.81. The van der Waals surface area contributed by atoms with Crippen molar-refractivity contribution in [3.8, 4) is 5.75 Å². The lowest BCUT2D eigenvalue weighted by Gasteiger charge is -2.31. The minimum Gasteiger partial charge on any atom is -0.496 e. The summed E-state index contributed by atoms with van der Waals surface area (Å²) in [4.78, 5) is 2.39. The molecule has 0 saturated carbocycles. The van der Waals surface area contributed by atoms with Crippen molar-refractivity contribution < 1.29 is 4.74 Å². The molecule has 0 bridgehead atoms. The van der Waals surface area contributed by atoms with E-state index >= 15 is 0 Å². The monoisotopic (exact) mass is 292 g/mol. The van der Waals surface area contributed by atoms with Crippen LogP contribution in [0.4, 0.5) is 0 Å². The number of para-hydroxylation sites is 1. The van der Waals surface area contributed by atoms with Crippen LogP contribution < -0.4 is 10.5 Å². The molecule has 120 valence electrons. The summed E-state index contributed by atoms with van der Waals surface area (Å²) in [5.74, 6) is 0.976. The Morgan fingerprint density at radius 1 is 1.24 bits per heavy atom. The Bertz CT molecular complexity index is 425. The first-order chi connectivity index (χ1) is 9.75. The number of benzene rings is 1. The van der Waals surface area contributed by atoms with E-state index in [2.05, 4.69) is 51.8 Å². The van der Waals surface area contributed by atoms with Crippen LogP contribution in [-0.4, -0.2) is 37.7 Å². The third kappa shape index (κ3) is 5.68. The van der Waals surface area contributed by atoms with E-state index < -0.39 is 0 Å². The molecule has 0 fully saturated rings. The molecule has 3 nitrogen and oxygen atoms in total. The number of methoxy groups -OCH3 is 1. The van der Waals surface area contributed by atoms with E-state index in [-0.39, 0.29) is 11.5 Å². The maximum atomic E-state index is 6.25. The van der Waals surface area contributed by atoms with Gasteiger partial charge in [-0.05, 0) is 50.4 Å². The van der Waals surface area contributed by atoms with Gasteiger partial charge in [0.05, 0.1) is 7.11 Å². The van der Waals surface area contributed by atoms with E-state index in [0.717, 1.165) is 25.1 Å². The first-order valence-electron chi connectivity index (χ1n) is 7.83. The third-order valence-corrected chi connectivity index (χ3v) is 4.37. The van der Waals surface area contributed by atoms with Gasteiger partial charge in [0.25, 0.3) is 0 Å². The molecule has 0 radical (unpaired) electrons. The normalized spacial score (nSPS) is 15.0. The number of hydrogen-bond donors (Lipinski definition) is 1. The number of hydrogen-bond acceptors (Lipinski definition) is 3. The number of likely N-dealkylation sites (N-methyl/N-ethyl adjacent to an activating group) is 1. The molecule has 0 aliphatic heterocycles. The Morgan fingerprint density at radius 3 is 2.43 bits per heavy atom. The maximum absolute atomic E-state index is 6.25. The van der Waals surface area contributed by atoms with Crippen LogP contribution in [0.2, 0.25) is 0 Å². The number of rotatable bonds is 7. The molecular formula is C18H32N2O. The predicted octanol–water partition coefficient (Wildman–Crippen LogP) is 3.32. The molecule has 2 atom stereocenters. The van der Waals surface area contributed by atoms with Crippen molar-refractivity contribution >= 4 is 0 Å². The molecule has 0 aliphatic carbocycles. The summed E-state index contributed by atoms with van der Waals surface area (Å²) in [5.41, 5.74) is 7.69. The van der Waals surface area contributed by atoms with Crippen LogP contribution in [0.1, 0.15) is 39.7 Å². The van der Waals surface area contributed by atoms with Gasteiger partial charge in [-0.15, -0.1) is 0 Å². The van der Waals surface area contributed by atoms with Gasteiger partial charge in [-0.2, -0.15) is 0 Å². The highest BCUT2D eigenvalue weighted by Gasteiger charge is 2.21.